The van der Waals surface area contributed by atoms with Crippen molar-refractivity contribution in [3.05, 3.63) is 88.2 Å². The van der Waals surface area contributed by atoms with E-state index in [-0.39, 0.29) is 22.7 Å². The number of aromatic nitrogens is 4. The van der Waals surface area contributed by atoms with Crippen molar-refractivity contribution < 1.29 is 19.4 Å². The molecule has 0 fully saturated rings. The number of para-hydroxylation sites is 1. The number of tetrazole rings is 1. The van der Waals surface area contributed by atoms with E-state index in [1.165, 1.54) is 10.4 Å². The number of carboxylic acid groups (broad SMARTS) is 1. The van der Waals surface area contributed by atoms with Crippen molar-refractivity contribution in [1.82, 2.24) is 20.2 Å². The van der Waals surface area contributed by atoms with E-state index in [2.05, 4.69) is 39.7 Å². The zero-order valence-corrected chi connectivity index (χ0v) is 21.9. The minimum Gasteiger partial charge on any atom is -0.493 e. The Hall–Kier alpha value is -3.56. The van der Waals surface area contributed by atoms with Crippen molar-refractivity contribution in [2.75, 3.05) is 14.2 Å². The second kappa shape index (κ2) is 10.8. The minimum atomic E-state index is -0.987. The first kappa shape index (κ1) is 25.1. The van der Waals surface area contributed by atoms with Crippen LogP contribution in [-0.2, 0) is 17.8 Å². The molecule has 0 saturated carbocycles. The number of hydrogen-bond acceptors (Lipinski definition) is 7. The summed E-state index contributed by atoms with van der Waals surface area (Å²) in [5, 5.41) is 21.8. The highest BCUT2D eigenvalue weighted by Crippen LogP contribution is 2.56. The summed E-state index contributed by atoms with van der Waals surface area (Å²) in [5.74, 6) is 0.566. The lowest BCUT2D eigenvalue weighted by atomic mass is 9.90. The van der Waals surface area contributed by atoms with Gasteiger partial charge in [0, 0.05) is 15.8 Å². The molecule has 0 aliphatic carbocycles. The van der Waals surface area contributed by atoms with Crippen molar-refractivity contribution in [3.8, 4) is 22.6 Å². The van der Waals surface area contributed by atoms with Gasteiger partial charge in [0.25, 0.3) is 0 Å². The molecule has 0 saturated heterocycles. The minimum absolute atomic E-state index is 0.0669. The lowest BCUT2D eigenvalue weighted by Crippen LogP contribution is -2.09. The van der Waals surface area contributed by atoms with Crippen LogP contribution in [0.3, 0.4) is 0 Å². The molecule has 3 aromatic carbocycles. The van der Waals surface area contributed by atoms with Gasteiger partial charge in [-0.2, -0.15) is 4.80 Å². The first-order chi connectivity index (χ1) is 18.0. The van der Waals surface area contributed by atoms with Crippen LogP contribution in [0.1, 0.15) is 39.4 Å². The molecule has 4 aromatic rings. The van der Waals surface area contributed by atoms with Crippen molar-refractivity contribution in [1.29, 1.82) is 0 Å². The molecule has 0 spiro atoms. The second-order valence-electron chi connectivity index (χ2n) is 8.57. The summed E-state index contributed by atoms with van der Waals surface area (Å²) in [5.41, 5.74) is 5.56. The number of aliphatic carboxylic acids is 1. The van der Waals surface area contributed by atoms with Crippen LogP contribution >= 0.6 is 23.4 Å². The number of fused-ring (bicyclic) bond motifs is 3. The third kappa shape index (κ3) is 5.14. The number of ether oxygens (including phenoxy) is 2. The van der Waals surface area contributed by atoms with E-state index < -0.39 is 5.97 Å². The second-order valence-corrected chi connectivity index (χ2v) is 10.3. The molecule has 190 valence electrons. The lowest BCUT2D eigenvalue weighted by Gasteiger charge is -2.25. The summed E-state index contributed by atoms with van der Waals surface area (Å²) in [6.07, 6.45) is 0.448. The third-order valence-corrected chi connectivity index (χ3v) is 8.14. The van der Waals surface area contributed by atoms with E-state index in [9.17, 15) is 4.79 Å². The van der Waals surface area contributed by atoms with Gasteiger partial charge in [-0.05, 0) is 52.1 Å². The fraction of sp³-hybridized carbons (Fsp3) is 0.259. The van der Waals surface area contributed by atoms with Crippen LogP contribution in [0.15, 0.2) is 60.7 Å². The smallest absolute Gasteiger partial charge is 0.311 e. The van der Waals surface area contributed by atoms with E-state index in [0.717, 1.165) is 22.3 Å². The molecule has 0 radical (unpaired) electrons. The van der Waals surface area contributed by atoms with Crippen LogP contribution in [0.5, 0.6) is 11.5 Å². The summed E-state index contributed by atoms with van der Waals surface area (Å²) in [6, 6.07) is 20.3. The van der Waals surface area contributed by atoms with Crippen LogP contribution in [0, 0.1) is 0 Å². The Bertz CT molecular complexity index is 1440. The predicted octanol–water partition coefficient (Wildman–Crippen LogP) is 5.61. The number of aryl methyl sites for hydroxylation is 1. The van der Waals surface area contributed by atoms with Gasteiger partial charge in [-0.15, -0.1) is 22.0 Å². The monoisotopic (exact) mass is 536 g/mol. The van der Waals surface area contributed by atoms with Gasteiger partial charge < -0.3 is 14.6 Å². The Morgan fingerprint density at radius 1 is 1.03 bits per heavy atom. The van der Waals surface area contributed by atoms with Gasteiger partial charge in [-0.25, -0.2) is 0 Å². The molecule has 0 bridgehead atoms. The molecule has 1 aromatic heterocycles. The van der Waals surface area contributed by atoms with Crippen LogP contribution in [0.2, 0.25) is 5.02 Å². The fourth-order valence-electron chi connectivity index (χ4n) is 4.72. The van der Waals surface area contributed by atoms with E-state index >= 15 is 0 Å². The van der Waals surface area contributed by atoms with Gasteiger partial charge in [-0.1, -0.05) is 54.1 Å². The van der Waals surface area contributed by atoms with E-state index in [0.29, 0.717) is 29.5 Å². The molecule has 10 heteroatoms. The summed E-state index contributed by atoms with van der Waals surface area (Å²) in [4.78, 5) is 12.5. The average molecular weight is 537 g/mol. The maximum absolute atomic E-state index is 11.0. The van der Waals surface area contributed by atoms with Gasteiger partial charge in [0.1, 0.15) is 6.42 Å². The summed E-state index contributed by atoms with van der Waals surface area (Å²) >= 11 is 8.33. The zero-order chi connectivity index (χ0) is 25.9. The summed E-state index contributed by atoms with van der Waals surface area (Å²) < 4.78 is 11.4. The molecule has 1 aliphatic rings. The molecular formula is C27H25ClN4O4S. The molecule has 0 unspecified atom stereocenters. The Kier molecular flexibility index (Phi) is 7.34. The number of carboxylic acids is 1. The summed E-state index contributed by atoms with van der Waals surface area (Å²) in [6.45, 7) is 0.484. The van der Waals surface area contributed by atoms with Crippen LogP contribution < -0.4 is 9.47 Å². The van der Waals surface area contributed by atoms with E-state index in [4.69, 9.17) is 26.2 Å². The number of benzene rings is 3. The third-order valence-electron chi connectivity index (χ3n) is 6.31. The molecule has 1 aliphatic heterocycles. The predicted molar refractivity (Wildman–Crippen MR) is 142 cm³/mol. The number of rotatable bonds is 8. The zero-order valence-electron chi connectivity index (χ0n) is 20.3. The number of nitrogens with zero attached hydrogens (tertiary/aromatic N) is 4. The van der Waals surface area contributed by atoms with E-state index in [1.807, 2.05) is 48.2 Å². The van der Waals surface area contributed by atoms with E-state index in [1.54, 1.807) is 14.2 Å². The van der Waals surface area contributed by atoms with Crippen molar-refractivity contribution in [2.24, 2.45) is 0 Å². The standard InChI is InChI=1S/C27H25ClN4O4S/c1-35-22-9-5-8-20(26(22)36-2)27-21-14-16(28)10-11-18(21)17-6-3-4-7-19(17)23(37-27)12-13-32-30-24(29-31-32)15-25(33)34/h3-11,14,23,27H,12-13,15H2,1-2H3,(H,33,34)/t23-,27-/m1/s1. The molecule has 8 nitrogen and oxygen atoms in total. The Morgan fingerprint density at radius 3 is 2.59 bits per heavy atom. The highest BCUT2D eigenvalue weighted by Gasteiger charge is 2.32. The van der Waals surface area contributed by atoms with Crippen LogP contribution in [0.4, 0.5) is 0 Å². The van der Waals surface area contributed by atoms with Crippen molar-refractivity contribution >= 4 is 29.3 Å². The van der Waals surface area contributed by atoms with Gasteiger partial charge in [0.05, 0.1) is 26.0 Å². The number of hydrogen-bond donors (Lipinski definition) is 1. The van der Waals surface area contributed by atoms with Gasteiger partial charge in [0.15, 0.2) is 17.3 Å². The van der Waals surface area contributed by atoms with Gasteiger partial charge in [0.2, 0.25) is 0 Å². The molecular weight excluding hydrogens is 512 g/mol. The normalized spacial score (nSPS) is 16.4. The maximum Gasteiger partial charge on any atom is 0.311 e. The first-order valence-corrected chi connectivity index (χ1v) is 13.0. The highest BCUT2D eigenvalue weighted by atomic mass is 35.5. The number of halogens is 1. The molecule has 2 heterocycles. The van der Waals surface area contributed by atoms with Crippen molar-refractivity contribution in [3.63, 3.8) is 0 Å². The molecule has 1 N–H and O–H groups in total. The fourth-order valence-corrected chi connectivity index (χ4v) is 6.50. The molecule has 0 amide bonds. The molecule has 2 atom stereocenters. The van der Waals surface area contributed by atoms with Gasteiger partial charge in [-0.3, -0.25) is 4.79 Å². The summed E-state index contributed by atoms with van der Waals surface area (Å²) in [7, 11) is 3.29. The number of carbonyl (C=O) groups is 1. The van der Waals surface area contributed by atoms with Gasteiger partial charge >= 0.3 is 5.97 Å². The quantitative estimate of drug-likeness (QED) is 0.310. The van der Waals surface area contributed by atoms with Crippen LogP contribution in [-0.4, -0.2) is 45.5 Å². The molecule has 37 heavy (non-hydrogen) atoms. The van der Waals surface area contributed by atoms with Crippen LogP contribution in [0.25, 0.3) is 11.1 Å². The largest absolute Gasteiger partial charge is 0.493 e. The maximum atomic E-state index is 11.0. The highest BCUT2D eigenvalue weighted by molar-refractivity contribution is 8.00. The Morgan fingerprint density at radius 2 is 1.81 bits per heavy atom. The Labute approximate surface area is 223 Å². The SMILES string of the molecule is COc1cccc([C@H]2S[C@H](CCn3nnc(CC(=O)O)n3)c3ccccc3-c3ccc(Cl)cc32)c1OC. The first-order valence-electron chi connectivity index (χ1n) is 11.7. The lowest BCUT2D eigenvalue weighted by molar-refractivity contribution is -0.136. The van der Waals surface area contributed by atoms with Crippen molar-refractivity contribution in [2.45, 2.75) is 29.9 Å². The number of methoxy groups -OCH3 is 2. The Balaban J connectivity index is 1.58. The topological polar surface area (TPSA) is 99.4 Å². The number of thioether (sulfide) groups is 1. The molecule has 5 rings (SSSR count). The average Bonchev–Trinajstić information content (AvgIpc) is 3.29.